The van der Waals surface area contributed by atoms with Crippen molar-refractivity contribution in [3.8, 4) is 17.2 Å². The minimum atomic E-state index is -2.23. The minimum Gasteiger partial charge on any atom is -0.259 e. The molecule has 0 saturated carbocycles. The average molecular weight is 339 g/mol. The highest BCUT2D eigenvalue weighted by molar-refractivity contribution is 5.50. The van der Waals surface area contributed by atoms with E-state index < -0.39 is 6.85 Å². The summed E-state index contributed by atoms with van der Waals surface area (Å²) < 4.78 is 33.3. The first-order valence-corrected chi connectivity index (χ1v) is 8.20. The highest BCUT2D eigenvalue weighted by Gasteiger charge is 2.28. The number of imidazole rings is 2. The normalized spacial score (nSPS) is 13.9. The number of aryl methyl sites for hydroxylation is 5. The number of nitrogens with zero attached hydrogens (tertiary/aromatic N) is 6. The Labute approximate surface area is 151 Å². The second kappa shape index (κ2) is 5.31. The number of rotatable bonds is 2. The standard InChI is InChI=1S/C19H24N6/c1-13-14(2)25-15(3)18(22(5)19(25)20-13)24-12-10-17(23(24)6)16-9-7-8-11-21(16)4/h7-12H,1-6H3/q+2/i1D3. The molecule has 0 aliphatic rings. The van der Waals surface area contributed by atoms with E-state index in [1.807, 2.05) is 68.5 Å². The summed E-state index contributed by atoms with van der Waals surface area (Å²) in [6.07, 6.45) is 4.04. The van der Waals surface area contributed by atoms with Gasteiger partial charge in [0.15, 0.2) is 11.9 Å². The van der Waals surface area contributed by atoms with E-state index in [9.17, 15) is 0 Å². The van der Waals surface area contributed by atoms with Crippen LogP contribution in [0.1, 0.15) is 21.2 Å². The van der Waals surface area contributed by atoms with E-state index in [-0.39, 0.29) is 5.69 Å². The molecule has 4 aromatic heterocycles. The van der Waals surface area contributed by atoms with Gasteiger partial charge in [0, 0.05) is 35.1 Å². The molecule has 0 aliphatic heterocycles. The maximum Gasteiger partial charge on any atom is 0.327 e. The van der Waals surface area contributed by atoms with Crippen molar-refractivity contribution in [2.75, 3.05) is 0 Å². The summed E-state index contributed by atoms with van der Waals surface area (Å²) in [6, 6.07) is 8.18. The predicted octanol–water partition coefficient (Wildman–Crippen LogP) is 1.70. The zero-order chi connectivity index (χ0) is 20.4. The molecule has 0 N–H and O–H groups in total. The van der Waals surface area contributed by atoms with Gasteiger partial charge in [0.05, 0.1) is 12.7 Å². The molecular weight excluding hydrogens is 312 g/mol. The Bertz CT molecular complexity index is 1210. The van der Waals surface area contributed by atoms with E-state index in [1.54, 1.807) is 0 Å². The maximum absolute atomic E-state index is 7.73. The highest BCUT2D eigenvalue weighted by Crippen LogP contribution is 2.21. The van der Waals surface area contributed by atoms with Crippen LogP contribution in [0.2, 0.25) is 0 Å². The van der Waals surface area contributed by atoms with Crippen LogP contribution in [0.25, 0.3) is 23.0 Å². The summed E-state index contributed by atoms with van der Waals surface area (Å²) in [5.41, 5.74) is 3.91. The van der Waals surface area contributed by atoms with E-state index in [1.165, 1.54) is 0 Å². The van der Waals surface area contributed by atoms with Gasteiger partial charge in [-0.15, -0.1) is 4.68 Å². The number of hydrogen-bond donors (Lipinski definition) is 0. The fourth-order valence-corrected chi connectivity index (χ4v) is 3.59. The molecule has 0 aliphatic carbocycles. The summed E-state index contributed by atoms with van der Waals surface area (Å²) in [4.78, 5) is 4.44. The van der Waals surface area contributed by atoms with E-state index in [2.05, 4.69) is 31.0 Å². The highest BCUT2D eigenvalue weighted by atomic mass is 15.4. The van der Waals surface area contributed by atoms with E-state index in [4.69, 9.17) is 4.11 Å². The van der Waals surface area contributed by atoms with Gasteiger partial charge in [-0.25, -0.2) is 4.68 Å². The number of aromatic nitrogens is 6. The lowest BCUT2D eigenvalue weighted by molar-refractivity contribution is -0.689. The molecule has 0 bridgehead atoms. The second-order valence-electron chi connectivity index (χ2n) is 6.42. The van der Waals surface area contributed by atoms with Crippen molar-refractivity contribution < 1.29 is 13.4 Å². The quantitative estimate of drug-likeness (QED) is 0.512. The summed E-state index contributed by atoms with van der Waals surface area (Å²) in [6.45, 7) is 1.57. The minimum absolute atomic E-state index is 0.154. The summed E-state index contributed by atoms with van der Waals surface area (Å²) in [5, 5.41) is 0. The first-order chi connectivity index (χ1) is 13.1. The van der Waals surface area contributed by atoms with Crippen LogP contribution in [0, 0.1) is 20.7 Å². The summed E-state index contributed by atoms with van der Waals surface area (Å²) in [7, 11) is 5.95. The molecular formula is C19H24N6+2. The molecule has 0 aromatic carbocycles. The average Bonchev–Trinajstić information content (AvgIpc) is 3.23. The van der Waals surface area contributed by atoms with Gasteiger partial charge in [-0.3, -0.25) is 4.40 Å². The third kappa shape index (κ3) is 2.06. The molecule has 0 spiro atoms. The fourth-order valence-electron chi connectivity index (χ4n) is 3.59. The van der Waals surface area contributed by atoms with Crippen LogP contribution < -0.4 is 9.25 Å². The Kier molecular flexibility index (Phi) is 2.65. The van der Waals surface area contributed by atoms with Crippen LogP contribution in [-0.2, 0) is 21.1 Å². The Morgan fingerprint density at radius 3 is 2.56 bits per heavy atom. The molecule has 4 heterocycles. The van der Waals surface area contributed by atoms with Gasteiger partial charge in [0.1, 0.15) is 18.9 Å². The van der Waals surface area contributed by atoms with Gasteiger partial charge in [0.25, 0.3) is 0 Å². The second-order valence-corrected chi connectivity index (χ2v) is 6.42. The van der Waals surface area contributed by atoms with Crippen LogP contribution in [0.3, 0.4) is 0 Å². The lowest BCUT2D eigenvalue weighted by atomic mass is 10.2. The van der Waals surface area contributed by atoms with Crippen LogP contribution in [-0.4, -0.2) is 18.6 Å². The predicted molar refractivity (Wildman–Crippen MR) is 95.5 cm³/mol. The van der Waals surface area contributed by atoms with Gasteiger partial charge < -0.3 is 0 Å². The smallest absolute Gasteiger partial charge is 0.259 e. The van der Waals surface area contributed by atoms with Crippen LogP contribution in [0.15, 0.2) is 36.7 Å². The van der Waals surface area contributed by atoms with E-state index in [0.717, 1.165) is 22.9 Å². The zero-order valence-corrected chi connectivity index (χ0v) is 15.1. The maximum atomic E-state index is 7.73. The monoisotopic (exact) mass is 339 g/mol. The van der Waals surface area contributed by atoms with Gasteiger partial charge in [-0.1, -0.05) is 0 Å². The Balaban J connectivity index is 1.93. The van der Waals surface area contributed by atoms with Gasteiger partial charge in [-0.2, -0.15) is 14.1 Å². The molecule has 4 rings (SSSR count). The SMILES string of the molecule is [2H]C([2H])([2H])c1nc2n(C)c(-[n+]3ccc(-c4cccc[n+]4C)n3C)c(C)n2c1C. The Morgan fingerprint density at radius 1 is 1.08 bits per heavy atom. The zero-order valence-electron chi connectivity index (χ0n) is 18.1. The molecule has 0 radical (unpaired) electrons. The molecule has 4 aromatic rings. The molecule has 6 heteroatoms. The van der Waals surface area contributed by atoms with Crippen LogP contribution in [0.4, 0.5) is 0 Å². The third-order valence-corrected chi connectivity index (χ3v) is 4.95. The van der Waals surface area contributed by atoms with Crippen molar-refractivity contribution >= 4 is 5.78 Å². The lowest BCUT2D eigenvalue weighted by Gasteiger charge is -2.04. The first-order valence-electron chi connectivity index (χ1n) is 9.70. The molecule has 0 unspecified atom stereocenters. The van der Waals surface area contributed by atoms with Crippen LogP contribution >= 0.6 is 0 Å². The van der Waals surface area contributed by atoms with Gasteiger partial charge in [0.2, 0.25) is 5.69 Å². The van der Waals surface area contributed by atoms with Crippen molar-refractivity contribution in [3.63, 3.8) is 0 Å². The molecule has 0 atom stereocenters. The Hall–Kier alpha value is -2.89. The van der Waals surface area contributed by atoms with E-state index in [0.29, 0.717) is 11.5 Å². The van der Waals surface area contributed by atoms with Crippen molar-refractivity contribution in [3.05, 3.63) is 53.7 Å². The van der Waals surface area contributed by atoms with E-state index >= 15 is 0 Å². The molecule has 25 heavy (non-hydrogen) atoms. The molecule has 6 nitrogen and oxygen atoms in total. The van der Waals surface area contributed by atoms with Crippen molar-refractivity contribution in [2.24, 2.45) is 21.1 Å². The van der Waals surface area contributed by atoms with Crippen molar-refractivity contribution in [1.82, 2.24) is 18.6 Å². The molecule has 0 fully saturated rings. The molecule has 0 saturated heterocycles. The summed E-state index contributed by atoms with van der Waals surface area (Å²) in [5.74, 6) is 1.56. The van der Waals surface area contributed by atoms with Crippen molar-refractivity contribution in [2.45, 2.75) is 20.7 Å². The largest absolute Gasteiger partial charge is 0.327 e. The number of fused-ring (bicyclic) bond motifs is 1. The van der Waals surface area contributed by atoms with Crippen molar-refractivity contribution in [1.29, 1.82) is 0 Å². The fraction of sp³-hybridized carbons (Fsp3) is 0.316. The number of pyridine rings is 1. The summed E-state index contributed by atoms with van der Waals surface area (Å²) >= 11 is 0. The molecule has 0 amide bonds. The Morgan fingerprint density at radius 2 is 1.88 bits per heavy atom. The van der Waals surface area contributed by atoms with Gasteiger partial charge in [-0.05, 0) is 26.8 Å². The number of hydrogen-bond acceptors (Lipinski definition) is 1. The van der Waals surface area contributed by atoms with Crippen LogP contribution in [0.5, 0.6) is 0 Å². The molecule has 128 valence electrons. The topological polar surface area (TPSA) is 34.9 Å². The first kappa shape index (κ1) is 12.5. The van der Waals surface area contributed by atoms with Gasteiger partial charge >= 0.3 is 11.6 Å². The lowest BCUT2D eigenvalue weighted by Crippen LogP contribution is -2.42. The third-order valence-electron chi connectivity index (χ3n) is 4.95.